The monoisotopic (exact) mass is 436 g/mol. The largest absolute Gasteiger partial charge is 0.368 e. The smallest absolute Gasteiger partial charge is 0.239 e. The number of rotatable bonds is 6. The van der Waals surface area contributed by atoms with Crippen molar-refractivity contribution in [3.8, 4) is 0 Å². The lowest BCUT2D eigenvalue weighted by atomic mass is 9.88. The van der Waals surface area contributed by atoms with Crippen LogP contribution in [0.25, 0.3) is 10.9 Å². The molecule has 3 aromatic rings. The van der Waals surface area contributed by atoms with E-state index in [2.05, 4.69) is 26.3 Å². The number of hydrogen-bond acceptors (Lipinski definition) is 6. The third kappa shape index (κ3) is 4.64. The highest BCUT2D eigenvalue weighted by Gasteiger charge is 2.31. The Morgan fingerprint density at radius 1 is 1.28 bits per heavy atom. The number of fused-ring (bicyclic) bond motifs is 1. The van der Waals surface area contributed by atoms with Crippen LogP contribution in [0.15, 0.2) is 42.9 Å². The average molecular weight is 437 g/mol. The van der Waals surface area contributed by atoms with Crippen LogP contribution in [0, 0.1) is 11.2 Å². The van der Waals surface area contributed by atoms with E-state index in [1.54, 1.807) is 6.20 Å². The molecule has 1 amide bonds. The molecule has 1 saturated heterocycles. The number of primary amides is 1. The minimum atomic E-state index is -0.727. The maximum atomic E-state index is 15.5. The van der Waals surface area contributed by atoms with Crippen molar-refractivity contribution in [2.75, 3.05) is 16.8 Å². The Morgan fingerprint density at radius 3 is 2.84 bits per heavy atom. The maximum absolute atomic E-state index is 15.5. The third-order valence-corrected chi connectivity index (χ3v) is 5.78. The summed E-state index contributed by atoms with van der Waals surface area (Å²) < 4.78 is 15.5. The topological polar surface area (TPSA) is 97.0 Å². The summed E-state index contributed by atoms with van der Waals surface area (Å²) in [5.41, 5.74) is 7.42. The molecule has 2 atom stereocenters. The van der Waals surface area contributed by atoms with Gasteiger partial charge in [0.05, 0.1) is 11.6 Å². The number of benzene rings is 1. The van der Waals surface area contributed by atoms with Crippen LogP contribution in [0.5, 0.6) is 0 Å². The molecule has 168 valence electrons. The van der Waals surface area contributed by atoms with Crippen molar-refractivity contribution in [1.82, 2.24) is 15.0 Å². The Morgan fingerprint density at radius 2 is 2.09 bits per heavy atom. The molecule has 1 unspecified atom stereocenters. The Labute approximate surface area is 187 Å². The Balaban J connectivity index is 1.63. The molecular weight excluding hydrogens is 407 g/mol. The lowest BCUT2D eigenvalue weighted by Gasteiger charge is -2.28. The summed E-state index contributed by atoms with van der Waals surface area (Å²) in [6, 6.07) is 9.35. The Hall–Kier alpha value is -3.29. The van der Waals surface area contributed by atoms with Crippen molar-refractivity contribution in [1.29, 1.82) is 0 Å². The van der Waals surface area contributed by atoms with Crippen molar-refractivity contribution >= 4 is 28.4 Å². The van der Waals surface area contributed by atoms with Crippen LogP contribution in [-0.2, 0) is 4.79 Å². The van der Waals surface area contributed by atoms with E-state index in [0.717, 1.165) is 29.3 Å². The van der Waals surface area contributed by atoms with E-state index in [9.17, 15) is 4.79 Å². The minimum Gasteiger partial charge on any atom is -0.368 e. The third-order valence-electron chi connectivity index (χ3n) is 5.78. The summed E-state index contributed by atoms with van der Waals surface area (Å²) in [6.45, 7) is 6.69. The van der Waals surface area contributed by atoms with Crippen molar-refractivity contribution in [2.24, 2.45) is 11.1 Å². The fourth-order valence-electron chi connectivity index (χ4n) is 4.33. The maximum Gasteiger partial charge on any atom is 0.239 e. The lowest BCUT2D eigenvalue weighted by Crippen LogP contribution is -2.39. The molecular formula is C24H29FN6O. The van der Waals surface area contributed by atoms with Crippen molar-refractivity contribution in [3.05, 3.63) is 54.2 Å². The second-order valence-electron chi connectivity index (χ2n) is 9.53. The SMILES string of the molecule is CC(C)(C)C[C@@H](Nc1ncnc(N2CCCC2c2ccc3ncccc3c2)c1F)C(N)=O. The first kappa shape index (κ1) is 21.9. The van der Waals surface area contributed by atoms with Crippen molar-refractivity contribution in [2.45, 2.75) is 52.1 Å². The Kier molecular flexibility index (Phi) is 5.95. The van der Waals surface area contributed by atoms with E-state index >= 15 is 4.39 Å². The van der Waals surface area contributed by atoms with Gasteiger partial charge in [0.25, 0.3) is 0 Å². The van der Waals surface area contributed by atoms with Gasteiger partial charge in [-0.2, -0.15) is 4.39 Å². The van der Waals surface area contributed by atoms with Gasteiger partial charge in [0.1, 0.15) is 12.4 Å². The van der Waals surface area contributed by atoms with Crippen molar-refractivity contribution < 1.29 is 9.18 Å². The van der Waals surface area contributed by atoms with E-state index in [-0.39, 0.29) is 23.1 Å². The van der Waals surface area contributed by atoms with E-state index in [0.29, 0.717) is 13.0 Å². The van der Waals surface area contributed by atoms with Crippen LogP contribution in [0.1, 0.15) is 51.6 Å². The number of nitrogens with two attached hydrogens (primary N) is 1. The molecule has 7 nitrogen and oxygen atoms in total. The number of carbonyl (C=O) groups excluding carboxylic acids is 1. The number of anilines is 2. The normalized spacial score (nSPS) is 17.5. The van der Waals surface area contributed by atoms with Gasteiger partial charge in [0.15, 0.2) is 11.6 Å². The number of amides is 1. The number of carbonyl (C=O) groups is 1. The van der Waals surface area contributed by atoms with Crippen LogP contribution in [0.3, 0.4) is 0 Å². The molecule has 0 aliphatic carbocycles. The molecule has 1 aliphatic heterocycles. The van der Waals surface area contributed by atoms with E-state index < -0.39 is 17.8 Å². The standard InChI is InChI=1S/C24H29FN6O/c1-24(2,3)13-18(21(26)32)30-22-20(25)23(29-14-28-22)31-11-5-7-19(31)16-8-9-17-15(12-16)6-4-10-27-17/h4,6,8-10,12,14,18-19H,5,7,11,13H2,1-3H3,(H2,26,32)(H,28,29,30)/t18-,19?/m1/s1. The number of aromatic nitrogens is 3. The molecule has 0 saturated carbocycles. The summed E-state index contributed by atoms with van der Waals surface area (Å²) >= 11 is 0. The molecule has 3 N–H and O–H groups in total. The summed E-state index contributed by atoms with van der Waals surface area (Å²) in [5.74, 6) is -0.878. The van der Waals surface area contributed by atoms with E-state index in [1.165, 1.54) is 6.33 Å². The van der Waals surface area contributed by atoms with E-state index in [1.807, 2.05) is 49.9 Å². The molecule has 1 aromatic carbocycles. The first-order chi connectivity index (χ1) is 15.2. The van der Waals surface area contributed by atoms with E-state index in [4.69, 9.17) is 5.73 Å². The molecule has 4 rings (SSSR count). The lowest BCUT2D eigenvalue weighted by molar-refractivity contribution is -0.119. The van der Waals surface area contributed by atoms with Gasteiger partial charge in [-0.05, 0) is 48.4 Å². The fraction of sp³-hybridized carbons (Fsp3) is 0.417. The van der Waals surface area contributed by atoms with Gasteiger partial charge < -0.3 is 16.0 Å². The number of nitrogens with one attached hydrogen (secondary N) is 1. The average Bonchev–Trinajstić information content (AvgIpc) is 3.23. The number of halogens is 1. The first-order valence-corrected chi connectivity index (χ1v) is 10.9. The molecule has 8 heteroatoms. The molecule has 0 bridgehead atoms. The fourth-order valence-corrected chi connectivity index (χ4v) is 4.33. The van der Waals surface area contributed by atoms with Crippen LogP contribution in [0.4, 0.5) is 16.0 Å². The second kappa shape index (κ2) is 8.68. The Bertz CT molecular complexity index is 1130. The molecule has 32 heavy (non-hydrogen) atoms. The van der Waals surface area contributed by atoms with Crippen LogP contribution >= 0.6 is 0 Å². The summed E-state index contributed by atoms with van der Waals surface area (Å²) in [4.78, 5) is 26.6. The van der Waals surface area contributed by atoms with Crippen LogP contribution in [0.2, 0.25) is 0 Å². The summed E-state index contributed by atoms with van der Waals surface area (Å²) in [7, 11) is 0. The molecule has 1 fully saturated rings. The molecule has 2 aromatic heterocycles. The van der Waals surface area contributed by atoms with Gasteiger partial charge >= 0.3 is 0 Å². The zero-order chi connectivity index (χ0) is 22.9. The van der Waals surface area contributed by atoms with Gasteiger partial charge in [-0.25, -0.2) is 9.97 Å². The second-order valence-corrected chi connectivity index (χ2v) is 9.53. The zero-order valence-corrected chi connectivity index (χ0v) is 18.7. The highest BCUT2D eigenvalue weighted by atomic mass is 19.1. The van der Waals surface area contributed by atoms with Gasteiger partial charge in [0.2, 0.25) is 11.7 Å². The molecule has 0 spiro atoms. The molecule has 1 aliphatic rings. The number of pyridine rings is 1. The quantitative estimate of drug-likeness (QED) is 0.601. The number of nitrogens with zero attached hydrogens (tertiary/aromatic N) is 4. The van der Waals surface area contributed by atoms with Gasteiger partial charge in [-0.15, -0.1) is 0 Å². The minimum absolute atomic E-state index is 0.00151. The zero-order valence-electron chi connectivity index (χ0n) is 18.7. The molecule has 3 heterocycles. The van der Waals surface area contributed by atoms with Gasteiger partial charge in [-0.1, -0.05) is 32.9 Å². The first-order valence-electron chi connectivity index (χ1n) is 10.9. The predicted molar refractivity (Wildman–Crippen MR) is 124 cm³/mol. The van der Waals surface area contributed by atoms with Crippen LogP contribution in [-0.4, -0.2) is 33.4 Å². The summed E-state index contributed by atoms with van der Waals surface area (Å²) in [5, 5.41) is 3.96. The molecule has 0 radical (unpaired) electrons. The number of hydrogen-bond donors (Lipinski definition) is 2. The van der Waals surface area contributed by atoms with Gasteiger partial charge in [0, 0.05) is 18.1 Å². The highest BCUT2D eigenvalue weighted by molar-refractivity contribution is 5.83. The predicted octanol–water partition coefficient (Wildman–Crippen LogP) is 4.21. The van der Waals surface area contributed by atoms with Crippen LogP contribution < -0.4 is 16.0 Å². The summed E-state index contributed by atoms with van der Waals surface area (Å²) in [6.07, 6.45) is 5.38. The van der Waals surface area contributed by atoms with Gasteiger partial charge in [-0.3, -0.25) is 9.78 Å². The van der Waals surface area contributed by atoms with Crippen molar-refractivity contribution in [3.63, 3.8) is 0 Å². The highest BCUT2D eigenvalue weighted by Crippen LogP contribution is 2.38.